The van der Waals surface area contributed by atoms with Crippen molar-refractivity contribution >= 4 is 126 Å². The monoisotopic (exact) mass is 1050 g/mol. The predicted molar refractivity (Wildman–Crippen MR) is 273 cm³/mol. The van der Waals surface area contributed by atoms with Crippen LogP contribution in [0.2, 0.25) is 0 Å². The van der Waals surface area contributed by atoms with Gasteiger partial charge in [0.15, 0.2) is 4.90 Å². The number of nitrogens with zero attached hydrogens (tertiary/aromatic N) is 12. The number of azo groups is 2. The summed E-state index contributed by atoms with van der Waals surface area (Å²) in [4.78, 5) is 28.9. The highest BCUT2D eigenvalue weighted by atomic mass is 32.2. The lowest BCUT2D eigenvalue weighted by Gasteiger charge is -2.24. The molecule has 0 saturated heterocycles. The van der Waals surface area contributed by atoms with E-state index < -0.39 is 25.6 Å². The van der Waals surface area contributed by atoms with Gasteiger partial charge in [0.05, 0.1) is 59.2 Å². The SMILES string of the molecule is CCN(CC)c1ccc(N=Nc2nc3ccc(OC)cc3s2)c(Nc2nc(Nc3cc(N(CC)CC)ccc3N=Nc3nc4ccc(OC)c(S(=O)(=O)O)c4s3)nc(N(CCO)CCO)n2)c1.O=S(=O)=O. The number of anilines is 7. The normalized spacial score (nSPS) is 11.5. The Morgan fingerprint density at radius 2 is 1.14 bits per heavy atom. The van der Waals surface area contributed by atoms with Crippen LogP contribution in [-0.2, 0) is 20.7 Å². The fourth-order valence-corrected chi connectivity index (χ4v) is 9.87. The van der Waals surface area contributed by atoms with E-state index in [1.165, 1.54) is 24.5 Å². The quantitative estimate of drug-likeness (QED) is 0.0316. The zero-order chi connectivity index (χ0) is 51.2. The van der Waals surface area contributed by atoms with E-state index in [0.29, 0.717) is 46.7 Å². The number of aliphatic hydroxyl groups excluding tert-OH is 2. The van der Waals surface area contributed by atoms with Crippen molar-refractivity contribution in [1.29, 1.82) is 0 Å². The lowest BCUT2D eigenvalue weighted by molar-refractivity contribution is 0.280. The molecule has 24 nitrogen and oxygen atoms in total. The molecule has 0 saturated carbocycles. The highest BCUT2D eigenvalue weighted by molar-refractivity contribution is 7.86. The Hall–Kier alpha value is -7.08. The number of thiazole rings is 2. The third-order valence-corrected chi connectivity index (χ3v) is 13.3. The summed E-state index contributed by atoms with van der Waals surface area (Å²) in [6.45, 7) is 10.9. The Kier molecular flexibility index (Phi) is 18.5. The molecule has 7 rings (SSSR count). The number of methoxy groups -OCH3 is 2. The number of hydrogen-bond acceptors (Lipinski definition) is 25. The highest BCUT2D eigenvalue weighted by Crippen LogP contribution is 2.41. The minimum absolute atomic E-state index is 0.0360. The molecule has 0 radical (unpaired) electrons. The number of benzene rings is 4. The maximum absolute atomic E-state index is 12.4. The molecular weight excluding hydrogens is 1000 g/mol. The fourth-order valence-electron chi connectivity index (χ4n) is 7.05. The van der Waals surface area contributed by atoms with Gasteiger partial charge in [-0.05, 0) is 94.4 Å². The zero-order valence-corrected chi connectivity index (χ0v) is 42.5. The van der Waals surface area contributed by atoms with Gasteiger partial charge < -0.3 is 45.0 Å². The van der Waals surface area contributed by atoms with Crippen molar-refractivity contribution in [3.63, 3.8) is 0 Å². The number of aromatic nitrogens is 5. The summed E-state index contributed by atoms with van der Waals surface area (Å²) in [5, 5.41) is 45.3. The third-order valence-electron chi connectivity index (χ3n) is 10.4. The van der Waals surface area contributed by atoms with Gasteiger partial charge >= 0.3 is 10.6 Å². The van der Waals surface area contributed by atoms with Gasteiger partial charge in [-0.3, -0.25) is 4.55 Å². The number of aliphatic hydroxyl groups is 2. The average Bonchev–Trinajstić information content (AvgIpc) is 3.96. The van der Waals surface area contributed by atoms with Gasteiger partial charge in [0.2, 0.25) is 28.1 Å². The van der Waals surface area contributed by atoms with Crippen LogP contribution < -0.4 is 34.8 Å². The molecule has 0 bridgehead atoms. The van der Waals surface area contributed by atoms with Gasteiger partial charge in [-0.15, -0.1) is 33.1 Å². The van der Waals surface area contributed by atoms with E-state index in [-0.39, 0.29) is 65.2 Å². The molecule has 4 aromatic carbocycles. The van der Waals surface area contributed by atoms with Crippen LogP contribution in [0.5, 0.6) is 11.5 Å². The van der Waals surface area contributed by atoms with Gasteiger partial charge in [-0.1, -0.05) is 22.7 Å². The third kappa shape index (κ3) is 13.6. The van der Waals surface area contributed by atoms with Gasteiger partial charge in [0, 0.05) is 50.6 Å². The first-order valence-corrected chi connectivity index (χ1v) is 25.8. The second kappa shape index (κ2) is 24.7. The summed E-state index contributed by atoms with van der Waals surface area (Å²) in [6, 6.07) is 19.9. The fraction of sp³-hybridized carbons (Fsp3) is 0.326. The van der Waals surface area contributed by atoms with Crippen LogP contribution in [0.3, 0.4) is 0 Å². The van der Waals surface area contributed by atoms with Crippen LogP contribution >= 0.6 is 22.7 Å². The Balaban J connectivity index is 0.00000199. The van der Waals surface area contributed by atoms with Crippen LogP contribution in [0.25, 0.3) is 20.4 Å². The molecule has 71 heavy (non-hydrogen) atoms. The lowest BCUT2D eigenvalue weighted by Crippen LogP contribution is -2.31. The predicted octanol–water partition coefficient (Wildman–Crippen LogP) is 8.15. The Bertz CT molecular complexity index is 3250. The first-order valence-electron chi connectivity index (χ1n) is 21.7. The second-order valence-corrected chi connectivity index (χ2v) is 18.3. The first-order chi connectivity index (χ1) is 34.1. The van der Waals surface area contributed by atoms with E-state index in [0.717, 1.165) is 46.0 Å². The summed E-state index contributed by atoms with van der Waals surface area (Å²) in [5.74, 6) is 1.02. The van der Waals surface area contributed by atoms with E-state index in [4.69, 9.17) is 37.1 Å². The smallest absolute Gasteiger partial charge is 0.425 e. The van der Waals surface area contributed by atoms with Gasteiger partial charge in [-0.2, -0.15) is 23.4 Å². The summed E-state index contributed by atoms with van der Waals surface area (Å²) >= 11 is 2.30. The van der Waals surface area contributed by atoms with Gasteiger partial charge in [0.1, 0.15) is 22.9 Å². The van der Waals surface area contributed by atoms with Crippen molar-refractivity contribution in [2.24, 2.45) is 20.5 Å². The molecule has 7 aromatic rings. The maximum atomic E-state index is 12.4. The standard InChI is InChI=1S/C43H50N14O7S3.O3S/c1-7-55(8-2)26-11-14-29(51-53-42-46-31-16-13-28(63-5)25-36(31)65-42)33(23-26)44-39-48-40(50-41(49-39)57(19-21-58)20-22-59)45-34-24-27(56(9-3)10-4)12-15-30(34)52-54-43-47-32-17-18-35(64-6)38(37(32)66-43)67(60,61)62;1-4(2)3/h11-18,23-25,58-59H,7-10,19-22H2,1-6H3,(H,60,61,62)(H2,44,45,48,49,50);. The molecule has 0 atom stereocenters. The number of nitrogens with one attached hydrogen (secondary N) is 2. The Morgan fingerprint density at radius 1 is 0.634 bits per heavy atom. The lowest BCUT2D eigenvalue weighted by atomic mass is 10.2. The minimum atomic E-state index is -4.67. The molecule has 3 aromatic heterocycles. The number of fused-ring (bicyclic) bond motifs is 2. The van der Waals surface area contributed by atoms with Crippen LogP contribution in [0.4, 0.5) is 62.2 Å². The maximum Gasteiger partial charge on any atom is 0.425 e. The molecule has 5 N–H and O–H groups in total. The van der Waals surface area contributed by atoms with Crippen molar-refractivity contribution in [1.82, 2.24) is 24.9 Å². The zero-order valence-electron chi connectivity index (χ0n) is 39.2. The molecule has 0 fully saturated rings. The second-order valence-electron chi connectivity index (χ2n) is 14.6. The number of hydrogen-bond donors (Lipinski definition) is 5. The van der Waals surface area contributed by atoms with E-state index in [1.54, 1.807) is 24.1 Å². The van der Waals surface area contributed by atoms with Gasteiger partial charge in [0.25, 0.3) is 10.1 Å². The van der Waals surface area contributed by atoms with E-state index in [9.17, 15) is 23.2 Å². The summed E-state index contributed by atoms with van der Waals surface area (Å²) in [5.41, 5.74) is 4.62. The van der Waals surface area contributed by atoms with Gasteiger partial charge in [-0.25, -0.2) is 9.97 Å². The Labute approximate surface area is 417 Å². The topological polar surface area (TPSA) is 312 Å². The van der Waals surface area contributed by atoms with Crippen LogP contribution in [0, 0.1) is 0 Å². The molecule has 0 aliphatic heterocycles. The number of ether oxygens (including phenoxy) is 2. The van der Waals surface area contributed by atoms with Crippen LogP contribution in [-0.4, -0.2) is 127 Å². The van der Waals surface area contributed by atoms with Crippen LogP contribution in [0.15, 0.2) is 92.1 Å². The first kappa shape index (κ1) is 53.3. The summed E-state index contributed by atoms with van der Waals surface area (Å²) in [7, 11) is -4.87. The molecule has 28 heteroatoms. The molecule has 0 spiro atoms. The van der Waals surface area contributed by atoms with Crippen LogP contribution in [0.1, 0.15) is 27.7 Å². The van der Waals surface area contributed by atoms with Crippen molar-refractivity contribution in [2.45, 2.75) is 32.6 Å². The average molecular weight is 1050 g/mol. The highest BCUT2D eigenvalue weighted by Gasteiger charge is 2.24. The summed E-state index contributed by atoms with van der Waals surface area (Å²) < 4.78 is 71.8. The molecule has 0 amide bonds. The molecule has 0 unspecified atom stereocenters. The molecule has 0 aliphatic rings. The molecule has 3 heterocycles. The van der Waals surface area contributed by atoms with Crippen molar-refractivity contribution < 1.29 is 45.3 Å². The summed E-state index contributed by atoms with van der Waals surface area (Å²) in [6.07, 6.45) is 0. The molecule has 376 valence electrons. The number of rotatable bonds is 22. The van der Waals surface area contributed by atoms with Crippen molar-refractivity contribution in [2.75, 3.05) is 92.0 Å². The van der Waals surface area contributed by atoms with E-state index in [1.807, 2.05) is 62.4 Å². The largest absolute Gasteiger partial charge is 0.497 e. The Morgan fingerprint density at radius 3 is 1.62 bits per heavy atom. The minimum Gasteiger partial charge on any atom is -0.497 e. The molecular formula is C43H50N14O10S4. The molecule has 0 aliphatic carbocycles. The van der Waals surface area contributed by atoms with E-state index in [2.05, 4.69) is 64.7 Å². The van der Waals surface area contributed by atoms with E-state index >= 15 is 0 Å². The van der Waals surface area contributed by atoms with Crippen molar-refractivity contribution in [3.05, 3.63) is 66.7 Å². The van der Waals surface area contributed by atoms with Crippen molar-refractivity contribution in [3.8, 4) is 11.5 Å².